The highest BCUT2D eigenvalue weighted by atomic mass is 35.5. The number of fused-ring (bicyclic) bond motifs is 2. The Balaban J connectivity index is 0.00000144. The summed E-state index contributed by atoms with van der Waals surface area (Å²) in [6.07, 6.45) is 3.66. The molecule has 5 atom stereocenters. The van der Waals surface area contributed by atoms with E-state index < -0.39 is 0 Å². The number of nitrogens with one attached hydrogen (secondary N) is 1. The van der Waals surface area contributed by atoms with Gasteiger partial charge in [0.25, 0.3) is 0 Å². The molecule has 5 nitrogen and oxygen atoms in total. The van der Waals surface area contributed by atoms with Crippen LogP contribution in [0.25, 0.3) is 0 Å². The van der Waals surface area contributed by atoms with Gasteiger partial charge in [0.15, 0.2) is 0 Å². The molecule has 0 aromatic carbocycles. The highest BCUT2D eigenvalue weighted by Gasteiger charge is 2.49. The lowest BCUT2D eigenvalue weighted by Gasteiger charge is -2.34. The van der Waals surface area contributed by atoms with Crippen LogP contribution < -0.4 is 11.1 Å². The van der Waals surface area contributed by atoms with Gasteiger partial charge < -0.3 is 15.8 Å². The largest absolute Gasteiger partial charge is 0.374 e. The van der Waals surface area contributed by atoms with Gasteiger partial charge in [-0.3, -0.25) is 9.69 Å². The molecule has 3 fully saturated rings. The third-order valence-electron chi connectivity index (χ3n) is 5.63. The number of ether oxygens (including phenoxy) is 1. The number of halogens is 2. The summed E-state index contributed by atoms with van der Waals surface area (Å²) in [5, 5.41) is 3.11. The van der Waals surface area contributed by atoms with Crippen LogP contribution in [0.2, 0.25) is 0 Å². The van der Waals surface area contributed by atoms with Crippen molar-refractivity contribution in [2.75, 3.05) is 32.8 Å². The SMILES string of the molecule is CC(C)CN1CCOC(CNC(=O)C2C3CCC(C3)C2N)C1.Cl.Cl. The summed E-state index contributed by atoms with van der Waals surface area (Å²) in [5.74, 6) is 1.96. The van der Waals surface area contributed by atoms with E-state index >= 15 is 0 Å². The van der Waals surface area contributed by atoms with Crippen molar-refractivity contribution in [3.05, 3.63) is 0 Å². The summed E-state index contributed by atoms with van der Waals surface area (Å²) in [6.45, 7) is 8.88. The average Bonchev–Trinajstić information content (AvgIpc) is 3.05. The Labute approximate surface area is 158 Å². The summed E-state index contributed by atoms with van der Waals surface area (Å²) in [5.41, 5.74) is 6.25. The average molecular weight is 382 g/mol. The maximum Gasteiger partial charge on any atom is 0.225 e. The smallest absolute Gasteiger partial charge is 0.225 e. The fourth-order valence-electron chi connectivity index (χ4n) is 4.64. The van der Waals surface area contributed by atoms with Gasteiger partial charge in [0.2, 0.25) is 5.91 Å². The summed E-state index contributed by atoms with van der Waals surface area (Å²) in [7, 11) is 0. The van der Waals surface area contributed by atoms with Gasteiger partial charge >= 0.3 is 0 Å². The minimum absolute atomic E-state index is 0. The summed E-state index contributed by atoms with van der Waals surface area (Å²) >= 11 is 0. The first-order valence-electron chi connectivity index (χ1n) is 8.92. The van der Waals surface area contributed by atoms with Gasteiger partial charge in [-0.05, 0) is 37.0 Å². The lowest BCUT2D eigenvalue weighted by atomic mass is 9.84. The van der Waals surface area contributed by atoms with E-state index in [1.807, 2.05) is 0 Å². The van der Waals surface area contributed by atoms with Gasteiger partial charge in [-0.15, -0.1) is 24.8 Å². The van der Waals surface area contributed by atoms with E-state index in [1.54, 1.807) is 0 Å². The van der Waals surface area contributed by atoms with Crippen LogP contribution in [0.15, 0.2) is 0 Å². The molecule has 3 rings (SSSR count). The van der Waals surface area contributed by atoms with Crippen molar-refractivity contribution in [2.45, 2.75) is 45.3 Å². The Hall–Kier alpha value is -0.0700. The fraction of sp³-hybridized carbons (Fsp3) is 0.941. The second-order valence-electron chi connectivity index (χ2n) is 7.83. The van der Waals surface area contributed by atoms with Crippen LogP contribution in [-0.2, 0) is 9.53 Å². The Morgan fingerprint density at radius 3 is 2.62 bits per heavy atom. The molecule has 0 spiro atoms. The number of nitrogens with two attached hydrogens (primary N) is 1. The highest BCUT2D eigenvalue weighted by Crippen LogP contribution is 2.47. The van der Waals surface area contributed by atoms with Crippen molar-refractivity contribution < 1.29 is 9.53 Å². The summed E-state index contributed by atoms with van der Waals surface area (Å²) in [4.78, 5) is 14.9. The van der Waals surface area contributed by atoms with E-state index in [4.69, 9.17) is 10.5 Å². The maximum absolute atomic E-state index is 12.5. The molecule has 5 unspecified atom stereocenters. The van der Waals surface area contributed by atoms with Crippen LogP contribution >= 0.6 is 24.8 Å². The van der Waals surface area contributed by atoms with Crippen LogP contribution in [0, 0.1) is 23.7 Å². The van der Waals surface area contributed by atoms with E-state index in [0.717, 1.165) is 32.7 Å². The van der Waals surface area contributed by atoms with Gasteiger partial charge in [0.1, 0.15) is 0 Å². The molecule has 0 radical (unpaired) electrons. The molecule has 1 aliphatic heterocycles. The zero-order valence-electron chi connectivity index (χ0n) is 14.8. The molecule has 1 heterocycles. The Kier molecular flexibility index (Phi) is 8.77. The molecule has 3 aliphatic rings. The topological polar surface area (TPSA) is 67.6 Å². The summed E-state index contributed by atoms with van der Waals surface area (Å²) < 4.78 is 5.80. The molecular formula is C17H33Cl2N3O2. The first kappa shape index (κ1) is 22.0. The third-order valence-corrected chi connectivity index (χ3v) is 5.63. The van der Waals surface area contributed by atoms with Crippen LogP contribution in [0.4, 0.5) is 0 Å². The number of carbonyl (C=O) groups is 1. The number of morpholine rings is 1. The van der Waals surface area contributed by atoms with Gasteiger partial charge in [0.05, 0.1) is 18.6 Å². The molecule has 1 saturated heterocycles. The Morgan fingerprint density at radius 2 is 2.00 bits per heavy atom. The lowest BCUT2D eigenvalue weighted by molar-refractivity contribution is -0.128. The number of rotatable bonds is 5. The van der Waals surface area contributed by atoms with E-state index in [1.165, 1.54) is 12.8 Å². The van der Waals surface area contributed by atoms with Crippen molar-refractivity contribution in [1.82, 2.24) is 10.2 Å². The molecule has 24 heavy (non-hydrogen) atoms. The highest BCUT2D eigenvalue weighted by molar-refractivity contribution is 5.85. The minimum Gasteiger partial charge on any atom is -0.374 e. The van der Waals surface area contributed by atoms with Crippen molar-refractivity contribution in [3.63, 3.8) is 0 Å². The van der Waals surface area contributed by atoms with E-state index in [2.05, 4.69) is 24.1 Å². The van der Waals surface area contributed by atoms with E-state index in [0.29, 0.717) is 24.3 Å². The number of hydrogen-bond acceptors (Lipinski definition) is 4. The van der Waals surface area contributed by atoms with Crippen molar-refractivity contribution >= 4 is 30.7 Å². The number of hydrogen-bond donors (Lipinski definition) is 2. The molecule has 2 saturated carbocycles. The van der Waals surface area contributed by atoms with Crippen LogP contribution in [0.5, 0.6) is 0 Å². The zero-order valence-corrected chi connectivity index (χ0v) is 16.4. The fourth-order valence-corrected chi connectivity index (χ4v) is 4.64. The molecule has 2 aliphatic carbocycles. The quantitative estimate of drug-likeness (QED) is 0.759. The molecular weight excluding hydrogens is 349 g/mol. The van der Waals surface area contributed by atoms with Crippen molar-refractivity contribution in [2.24, 2.45) is 29.4 Å². The minimum atomic E-state index is 0. The zero-order chi connectivity index (χ0) is 15.7. The third kappa shape index (κ3) is 4.98. The Morgan fingerprint density at radius 1 is 1.29 bits per heavy atom. The first-order chi connectivity index (χ1) is 10.5. The maximum atomic E-state index is 12.5. The standard InChI is InChI=1S/C17H31N3O2.2ClH/c1-11(2)9-20-5-6-22-14(10-20)8-19-17(21)15-12-3-4-13(7-12)16(15)18;;/h11-16H,3-10,18H2,1-2H3,(H,19,21);2*1H. The molecule has 0 aromatic heterocycles. The molecule has 3 N–H and O–H groups in total. The van der Waals surface area contributed by atoms with Gasteiger partial charge in [-0.2, -0.15) is 0 Å². The van der Waals surface area contributed by atoms with Crippen LogP contribution in [0.3, 0.4) is 0 Å². The number of carbonyl (C=O) groups excluding carboxylic acids is 1. The second-order valence-corrected chi connectivity index (χ2v) is 7.83. The second kappa shape index (κ2) is 9.58. The number of amides is 1. The van der Waals surface area contributed by atoms with Gasteiger partial charge in [-0.1, -0.05) is 13.8 Å². The molecule has 142 valence electrons. The van der Waals surface area contributed by atoms with Crippen molar-refractivity contribution in [3.8, 4) is 0 Å². The monoisotopic (exact) mass is 381 g/mol. The molecule has 1 amide bonds. The van der Waals surface area contributed by atoms with Gasteiger partial charge in [0, 0.05) is 32.2 Å². The summed E-state index contributed by atoms with van der Waals surface area (Å²) in [6, 6.07) is 0.0727. The van der Waals surface area contributed by atoms with Crippen molar-refractivity contribution in [1.29, 1.82) is 0 Å². The van der Waals surface area contributed by atoms with Crippen LogP contribution in [-0.4, -0.2) is 55.7 Å². The normalized spacial score (nSPS) is 35.4. The first-order valence-corrected chi connectivity index (χ1v) is 8.92. The lowest BCUT2D eigenvalue weighted by Crippen LogP contribution is -2.51. The number of nitrogens with zero attached hydrogens (tertiary/aromatic N) is 1. The molecule has 2 bridgehead atoms. The van der Waals surface area contributed by atoms with Crippen LogP contribution in [0.1, 0.15) is 33.1 Å². The predicted octanol–water partition coefficient (Wildman–Crippen LogP) is 1.68. The molecule has 7 heteroatoms. The molecule has 0 aromatic rings. The van der Waals surface area contributed by atoms with Gasteiger partial charge in [-0.25, -0.2) is 0 Å². The van der Waals surface area contributed by atoms with E-state index in [-0.39, 0.29) is 48.8 Å². The van der Waals surface area contributed by atoms with E-state index in [9.17, 15) is 4.79 Å². The Bertz CT molecular complexity index is 409. The predicted molar refractivity (Wildman–Crippen MR) is 101 cm³/mol.